The van der Waals surface area contributed by atoms with Crippen molar-refractivity contribution in [3.8, 4) is 0 Å². The van der Waals surface area contributed by atoms with Gasteiger partial charge < -0.3 is 9.88 Å². The Balaban J connectivity index is 1.66. The molecule has 0 bridgehead atoms. The first-order valence-corrected chi connectivity index (χ1v) is 6.28. The van der Waals surface area contributed by atoms with Crippen molar-refractivity contribution in [2.24, 2.45) is 0 Å². The molecule has 1 aliphatic heterocycles. The normalized spacial score (nSPS) is 15.6. The molecular weight excluding hydrogens is 229 g/mol. The van der Waals surface area contributed by atoms with Crippen LogP contribution in [0.25, 0.3) is 0 Å². The van der Waals surface area contributed by atoms with E-state index in [1.54, 1.807) is 0 Å². The van der Waals surface area contributed by atoms with Crippen molar-refractivity contribution in [1.29, 1.82) is 0 Å². The maximum absolute atomic E-state index is 12.8. The number of nitrogens with zero attached hydrogens (tertiary/aromatic N) is 2. The Morgan fingerprint density at radius 2 is 2.06 bits per heavy atom. The van der Waals surface area contributed by atoms with Gasteiger partial charge in [-0.1, -0.05) is 12.1 Å². The van der Waals surface area contributed by atoms with Crippen LogP contribution in [0.2, 0.25) is 0 Å². The SMILES string of the molecule is Fc1ccc(CCn2cncc2C2CNC2)cc1. The van der Waals surface area contributed by atoms with Gasteiger partial charge in [0.1, 0.15) is 5.82 Å². The summed E-state index contributed by atoms with van der Waals surface area (Å²) in [7, 11) is 0. The fourth-order valence-electron chi connectivity index (χ4n) is 2.26. The van der Waals surface area contributed by atoms with Crippen LogP contribution < -0.4 is 5.32 Å². The molecular formula is C14H16FN3. The fourth-order valence-corrected chi connectivity index (χ4v) is 2.26. The monoisotopic (exact) mass is 245 g/mol. The summed E-state index contributed by atoms with van der Waals surface area (Å²) in [5.74, 6) is 0.420. The van der Waals surface area contributed by atoms with Crippen molar-refractivity contribution in [2.45, 2.75) is 18.9 Å². The Morgan fingerprint density at radius 3 is 2.72 bits per heavy atom. The molecule has 3 rings (SSSR count). The molecule has 0 aliphatic carbocycles. The maximum atomic E-state index is 12.8. The first kappa shape index (κ1) is 11.4. The number of benzene rings is 1. The highest BCUT2D eigenvalue weighted by Gasteiger charge is 2.21. The third-order valence-electron chi connectivity index (χ3n) is 3.50. The van der Waals surface area contributed by atoms with Gasteiger partial charge in [-0.2, -0.15) is 0 Å². The molecule has 0 unspecified atom stereocenters. The molecule has 2 aromatic rings. The molecule has 1 N–H and O–H groups in total. The number of nitrogens with one attached hydrogen (secondary N) is 1. The van der Waals surface area contributed by atoms with E-state index in [9.17, 15) is 4.39 Å². The van der Waals surface area contributed by atoms with Crippen molar-refractivity contribution < 1.29 is 4.39 Å². The summed E-state index contributed by atoms with van der Waals surface area (Å²) in [6.07, 6.45) is 4.75. The van der Waals surface area contributed by atoms with Gasteiger partial charge in [0, 0.05) is 37.4 Å². The molecule has 1 saturated heterocycles. The number of halogens is 1. The highest BCUT2D eigenvalue weighted by molar-refractivity contribution is 5.17. The second kappa shape index (κ2) is 4.90. The minimum Gasteiger partial charge on any atom is -0.334 e. The molecule has 94 valence electrons. The van der Waals surface area contributed by atoms with Gasteiger partial charge in [0.15, 0.2) is 0 Å². The van der Waals surface area contributed by atoms with Gasteiger partial charge in [0.05, 0.1) is 6.33 Å². The Labute approximate surface area is 106 Å². The van der Waals surface area contributed by atoms with Crippen molar-refractivity contribution in [3.63, 3.8) is 0 Å². The van der Waals surface area contributed by atoms with Crippen LogP contribution in [0.4, 0.5) is 4.39 Å². The lowest BCUT2D eigenvalue weighted by molar-refractivity contribution is 0.423. The molecule has 1 aromatic heterocycles. The number of hydrogen-bond acceptors (Lipinski definition) is 2. The van der Waals surface area contributed by atoms with Crippen LogP contribution >= 0.6 is 0 Å². The van der Waals surface area contributed by atoms with Crippen LogP contribution in [0.5, 0.6) is 0 Å². The molecule has 18 heavy (non-hydrogen) atoms. The molecule has 0 saturated carbocycles. The highest BCUT2D eigenvalue weighted by atomic mass is 19.1. The molecule has 0 radical (unpaired) electrons. The fraction of sp³-hybridized carbons (Fsp3) is 0.357. The van der Waals surface area contributed by atoms with E-state index in [1.807, 2.05) is 24.7 Å². The standard InChI is InChI=1S/C14H16FN3/c15-13-3-1-11(2-4-13)5-6-18-10-17-9-14(18)12-7-16-8-12/h1-4,9-10,12,16H,5-8H2. The van der Waals surface area contributed by atoms with Crippen LogP contribution in [-0.2, 0) is 13.0 Å². The van der Waals surface area contributed by atoms with E-state index in [0.717, 1.165) is 31.6 Å². The van der Waals surface area contributed by atoms with Crippen LogP contribution in [0.15, 0.2) is 36.8 Å². The third kappa shape index (κ3) is 2.29. The average Bonchev–Trinajstić information content (AvgIpc) is 2.74. The summed E-state index contributed by atoms with van der Waals surface area (Å²) in [6, 6.07) is 6.72. The minimum atomic E-state index is -0.178. The van der Waals surface area contributed by atoms with E-state index in [1.165, 1.54) is 17.8 Å². The predicted octanol–water partition coefficient (Wildman–Crippen LogP) is 1.95. The van der Waals surface area contributed by atoms with Gasteiger partial charge in [-0.3, -0.25) is 0 Å². The van der Waals surface area contributed by atoms with Gasteiger partial charge in [-0.25, -0.2) is 9.37 Å². The van der Waals surface area contributed by atoms with E-state index in [0.29, 0.717) is 5.92 Å². The zero-order chi connectivity index (χ0) is 12.4. The van der Waals surface area contributed by atoms with Gasteiger partial charge in [0.2, 0.25) is 0 Å². The molecule has 1 fully saturated rings. The molecule has 1 aromatic carbocycles. The second-order valence-corrected chi connectivity index (χ2v) is 4.74. The lowest BCUT2D eigenvalue weighted by Crippen LogP contribution is -2.40. The lowest BCUT2D eigenvalue weighted by Gasteiger charge is -2.27. The average molecular weight is 245 g/mol. The molecule has 0 amide bonds. The lowest BCUT2D eigenvalue weighted by atomic mass is 10.00. The minimum absolute atomic E-state index is 0.178. The van der Waals surface area contributed by atoms with Crippen molar-refractivity contribution >= 4 is 0 Å². The smallest absolute Gasteiger partial charge is 0.123 e. The van der Waals surface area contributed by atoms with Crippen LogP contribution in [0.1, 0.15) is 17.2 Å². The van der Waals surface area contributed by atoms with Crippen LogP contribution in [0, 0.1) is 5.82 Å². The quantitative estimate of drug-likeness (QED) is 0.892. The Hall–Kier alpha value is -1.68. The summed E-state index contributed by atoms with van der Waals surface area (Å²) < 4.78 is 15.0. The zero-order valence-corrected chi connectivity index (χ0v) is 10.1. The van der Waals surface area contributed by atoms with Gasteiger partial charge in [-0.05, 0) is 24.1 Å². The Morgan fingerprint density at radius 1 is 1.28 bits per heavy atom. The van der Waals surface area contributed by atoms with Gasteiger partial charge in [-0.15, -0.1) is 0 Å². The summed E-state index contributed by atoms with van der Waals surface area (Å²) in [5.41, 5.74) is 2.46. The van der Waals surface area contributed by atoms with E-state index in [2.05, 4.69) is 14.9 Å². The predicted molar refractivity (Wildman–Crippen MR) is 67.9 cm³/mol. The zero-order valence-electron chi connectivity index (χ0n) is 10.1. The largest absolute Gasteiger partial charge is 0.334 e. The molecule has 2 heterocycles. The first-order valence-electron chi connectivity index (χ1n) is 6.28. The highest BCUT2D eigenvalue weighted by Crippen LogP contribution is 2.19. The number of imidazole rings is 1. The molecule has 4 heteroatoms. The number of hydrogen-bond donors (Lipinski definition) is 1. The van der Waals surface area contributed by atoms with Gasteiger partial charge in [0.25, 0.3) is 0 Å². The first-order chi connectivity index (χ1) is 8.83. The summed E-state index contributed by atoms with van der Waals surface area (Å²) in [6.45, 7) is 2.99. The van der Waals surface area contributed by atoms with Crippen molar-refractivity contribution in [1.82, 2.24) is 14.9 Å². The van der Waals surface area contributed by atoms with E-state index < -0.39 is 0 Å². The van der Waals surface area contributed by atoms with Crippen LogP contribution in [0.3, 0.4) is 0 Å². The maximum Gasteiger partial charge on any atom is 0.123 e. The Bertz CT molecular complexity index is 514. The van der Waals surface area contributed by atoms with E-state index in [4.69, 9.17) is 0 Å². The van der Waals surface area contributed by atoms with Gasteiger partial charge >= 0.3 is 0 Å². The number of aryl methyl sites for hydroxylation is 2. The molecule has 0 spiro atoms. The molecule has 0 atom stereocenters. The molecule has 1 aliphatic rings. The Kier molecular flexibility index (Phi) is 3.11. The summed E-state index contributed by atoms with van der Waals surface area (Å²) in [4.78, 5) is 4.23. The van der Waals surface area contributed by atoms with Crippen molar-refractivity contribution in [3.05, 3.63) is 53.9 Å². The van der Waals surface area contributed by atoms with Crippen LogP contribution in [-0.4, -0.2) is 22.6 Å². The second-order valence-electron chi connectivity index (χ2n) is 4.74. The number of rotatable bonds is 4. The van der Waals surface area contributed by atoms with Crippen molar-refractivity contribution in [2.75, 3.05) is 13.1 Å². The topological polar surface area (TPSA) is 29.9 Å². The summed E-state index contributed by atoms with van der Waals surface area (Å²) in [5, 5.41) is 3.27. The van der Waals surface area contributed by atoms with E-state index in [-0.39, 0.29) is 5.82 Å². The third-order valence-corrected chi connectivity index (χ3v) is 3.50. The van der Waals surface area contributed by atoms with E-state index >= 15 is 0 Å². The molecule has 3 nitrogen and oxygen atoms in total. The number of aromatic nitrogens is 2. The summed E-state index contributed by atoms with van der Waals surface area (Å²) >= 11 is 0.